The average molecular weight is 844 g/mol. The lowest BCUT2D eigenvalue weighted by atomic mass is 9.85. The van der Waals surface area contributed by atoms with Gasteiger partial charge in [0.25, 0.3) is 0 Å². The molecule has 0 aliphatic carbocycles. The van der Waals surface area contributed by atoms with Crippen molar-refractivity contribution in [1.82, 2.24) is 20.0 Å². The van der Waals surface area contributed by atoms with Gasteiger partial charge in [0.2, 0.25) is 17.7 Å². The number of likely N-dealkylation sites (N-methyl/N-ethyl adjacent to an activating group) is 1. The lowest BCUT2D eigenvalue weighted by Gasteiger charge is -2.40. The first kappa shape index (κ1) is 52.7. The summed E-state index contributed by atoms with van der Waals surface area (Å²) < 4.78 is 23.2. The van der Waals surface area contributed by atoms with E-state index in [9.17, 15) is 19.2 Å². The van der Waals surface area contributed by atoms with E-state index in [4.69, 9.17) is 23.9 Å². The second-order valence-electron chi connectivity index (χ2n) is 17.4. The fourth-order valence-corrected chi connectivity index (χ4v) is 8.40. The Morgan fingerprint density at radius 3 is 2.08 bits per heavy atom. The molecule has 13 heteroatoms. The lowest BCUT2D eigenvalue weighted by molar-refractivity contribution is -0.146. The molecule has 0 bridgehead atoms. The lowest BCUT2D eigenvalue weighted by Crippen LogP contribution is -2.54. The van der Waals surface area contributed by atoms with Crippen molar-refractivity contribution in [1.29, 1.82) is 0 Å². The Balaban J connectivity index is 2.25. The number of aliphatic imine (C=N–C) groups is 1. The highest BCUT2D eigenvalue weighted by molar-refractivity contribution is 5.90. The molecular formula is C47H81N5O8. The molecule has 1 aromatic carbocycles. The maximum Gasteiger partial charge on any atom is 0.247 e. The van der Waals surface area contributed by atoms with Crippen molar-refractivity contribution in [3.8, 4) is 0 Å². The third kappa shape index (κ3) is 16.1. The number of rotatable bonds is 28. The highest BCUT2D eigenvalue weighted by Gasteiger charge is 2.43. The highest BCUT2D eigenvalue weighted by Crippen LogP contribution is 2.31. The average Bonchev–Trinajstić information content (AvgIpc) is 3.71. The first-order chi connectivity index (χ1) is 28.5. The van der Waals surface area contributed by atoms with Gasteiger partial charge in [-0.15, -0.1) is 0 Å². The van der Waals surface area contributed by atoms with Gasteiger partial charge in [-0.2, -0.15) is 0 Å². The SMILES string of the molecule is CCCOCCOCCNC(=O)[C@@H](CC(=O)[C@H](C)[C@@H](OC)[C@@H]1CCCN1C(=O)C[C@@H](OC)[C@H]([C@@H](C)CC)N(C)C(=O)[C@@H](N=C(C(C)C)N(C)C)C(C)C)Cc1ccccc1. The Morgan fingerprint density at radius 1 is 0.883 bits per heavy atom. The van der Waals surface area contributed by atoms with Crippen LogP contribution in [0.15, 0.2) is 35.3 Å². The summed E-state index contributed by atoms with van der Waals surface area (Å²) in [5, 5.41) is 2.97. The predicted molar refractivity (Wildman–Crippen MR) is 239 cm³/mol. The first-order valence-electron chi connectivity index (χ1n) is 22.4. The van der Waals surface area contributed by atoms with Crippen molar-refractivity contribution in [3.63, 3.8) is 0 Å². The standard InChI is InChI=1S/C47H81N5O8/c1-14-25-59-27-28-60-26-23-48-46(55)37(29-36-20-17-16-18-21-36)30-39(53)35(8)44(58-13)38-22-19-24-52(38)41(54)31-40(57-12)43(34(7)15-2)51(11)47(56)42(32(3)4)49-45(33(5)6)50(9)10/h16-18,20-21,32-35,37-38,40,42-44H,14-15,19,22-31H2,1-13H3,(H,48,55)/t34-,35-,37+,38-,40+,42-,43-,44+/m0/s1. The van der Waals surface area contributed by atoms with Crippen LogP contribution >= 0.6 is 0 Å². The summed E-state index contributed by atoms with van der Waals surface area (Å²) in [5.41, 5.74) is 0.968. The molecule has 0 saturated carbocycles. The number of likely N-dealkylation sites (tertiary alicyclic amines) is 1. The molecule has 2 rings (SSSR count). The number of amides is 3. The van der Waals surface area contributed by atoms with Gasteiger partial charge in [-0.05, 0) is 43.1 Å². The maximum absolute atomic E-state index is 14.4. The number of amidine groups is 1. The van der Waals surface area contributed by atoms with Crippen LogP contribution in [0.4, 0.5) is 0 Å². The van der Waals surface area contributed by atoms with Crippen molar-refractivity contribution >= 4 is 29.3 Å². The topological polar surface area (TPSA) is 139 Å². The summed E-state index contributed by atoms with van der Waals surface area (Å²) in [7, 11) is 8.89. The Labute approximate surface area is 362 Å². The molecular weight excluding hydrogens is 763 g/mol. The smallest absolute Gasteiger partial charge is 0.247 e. The molecule has 8 atom stereocenters. The zero-order valence-electron chi connectivity index (χ0n) is 39.4. The number of carbonyl (C=O) groups excluding carboxylic acids is 4. The molecule has 1 aliphatic heterocycles. The number of ketones is 1. The molecule has 342 valence electrons. The number of nitrogens with zero attached hydrogens (tertiary/aromatic N) is 4. The Hall–Kier alpha value is -3.39. The molecule has 1 heterocycles. The van der Waals surface area contributed by atoms with Gasteiger partial charge in [0, 0.05) is 79.2 Å². The summed E-state index contributed by atoms with van der Waals surface area (Å²) in [5.74, 6) is -0.677. The summed E-state index contributed by atoms with van der Waals surface area (Å²) in [4.78, 5) is 66.9. The van der Waals surface area contributed by atoms with E-state index in [1.807, 2.05) is 82.0 Å². The van der Waals surface area contributed by atoms with E-state index >= 15 is 0 Å². The summed E-state index contributed by atoms with van der Waals surface area (Å²) in [6.07, 6.45) is 2.55. The van der Waals surface area contributed by atoms with Crippen LogP contribution in [0.2, 0.25) is 0 Å². The van der Waals surface area contributed by atoms with Gasteiger partial charge < -0.3 is 39.0 Å². The summed E-state index contributed by atoms with van der Waals surface area (Å²) >= 11 is 0. The largest absolute Gasteiger partial charge is 0.379 e. The molecule has 1 fully saturated rings. The number of Topliss-reactive ketones (excluding diaryl/α,β-unsaturated/α-hetero) is 1. The zero-order chi connectivity index (χ0) is 44.9. The van der Waals surface area contributed by atoms with Gasteiger partial charge in [0.05, 0.1) is 50.5 Å². The number of benzene rings is 1. The third-order valence-electron chi connectivity index (χ3n) is 11.9. The van der Waals surface area contributed by atoms with Crippen LogP contribution in [0.25, 0.3) is 0 Å². The predicted octanol–water partition coefficient (Wildman–Crippen LogP) is 5.92. The van der Waals surface area contributed by atoms with E-state index in [1.165, 1.54) is 0 Å². The summed E-state index contributed by atoms with van der Waals surface area (Å²) in [6, 6.07) is 8.40. The minimum Gasteiger partial charge on any atom is -0.379 e. The number of nitrogens with one attached hydrogen (secondary N) is 1. The van der Waals surface area contributed by atoms with E-state index < -0.39 is 30.1 Å². The molecule has 60 heavy (non-hydrogen) atoms. The van der Waals surface area contributed by atoms with Gasteiger partial charge in [-0.1, -0.05) is 92.1 Å². The van der Waals surface area contributed by atoms with Crippen molar-refractivity contribution in [2.75, 3.05) is 74.9 Å². The van der Waals surface area contributed by atoms with Crippen LogP contribution in [-0.2, 0) is 44.5 Å². The normalized spacial score (nSPS) is 18.1. The minimum absolute atomic E-state index is 0.0318. The number of ether oxygens (including phenoxy) is 4. The fraction of sp³-hybridized carbons (Fsp3) is 0.766. The van der Waals surface area contributed by atoms with E-state index in [0.29, 0.717) is 52.4 Å². The molecule has 1 aliphatic rings. The molecule has 0 aromatic heterocycles. The van der Waals surface area contributed by atoms with Crippen LogP contribution in [0.5, 0.6) is 0 Å². The van der Waals surface area contributed by atoms with Gasteiger partial charge in [0.15, 0.2) is 0 Å². The van der Waals surface area contributed by atoms with Crippen molar-refractivity contribution in [3.05, 3.63) is 35.9 Å². The Bertz CT molecular complexity index is 1450. The molecule has 3 amide bonds. The van der Waals surface area contributed by atoms with E-state index in [-0.39, 0.29) is 66.2 Å². The van der Waals surface area contributed by atoms with Crippen molar-refractivity contribution in [2.45, 2.75) is 131 Å². The van der Waals surface area contributed by atoms with E-state index in [2.05, 4.69) is 39.9 Å². The summed E-state index contributed by atoms with van der Waals surface area (Å²) in [6.45, 7) is 19.1. The monoisotopic (exact) mass is 844 g/mol. The molecule has 0 spiro atoms. The second-order valence-corrected chi connectivity index (χ2v) is 17.4. The van der Waals surface area contributed by atoms with Gasteiger partial charge in [0.1, 0.15) is 17.7 Å². The van der Waals surface area contributed by atoms with Crippen molar-refractivity contribution < 1.29 is 38.1 Å². The number of carbonyl (C=O) groups is 4. The van der Waals surface area contributed by atoms with Crippen molar-refractivity contribution in [2.24, 2.45) is 34.6 Å². The van der Waals surface area contributed by atoms with E-state index in [1.54, 1.807) is 19.1 Å². The molecule has 0 radical (unpaired) electrons. The van der Waals surface area contributed by atoms with Crippen LogP contribution < -0.4 is 5.32 Å². The molecule has 1 N–H and O–H groups in total. The van der Waals surface area contributed by atoms with Crippen LogP contribution in [0.3, 0.4) is 0 Å². The third-order valence-corrected chi connectivity index (χ3v) is 11.9. The van der Waals surface area contributed by atoms with E-state index in [0.717, 1.165) is 30.7 Å². The quantitative estimate of drug-likeness (QED) is 0.0619. The Morgan fingerprint density at radius 2 is 1.53 bits per heavy atom. The zero-order valence-corrected chi connectivity index (χ0v) is 39.4. The van der Waals surface area contributed by atoms with Gasteiger partial charge in [-0.25, -0.2) is 0 Å². The second kappa shape index (κ2) is 27.5. The molecule has 0 unspecified atom stereocenters. The molecule has 1 saturated heterocycles. The van der Waals surface area contributed by atoms with Gasteiger partial charge >= 0.3 is 0 Å². The highest BCUT2D eigenvalue weighted by atomic mass is 16.5. The fourth-order valence-electron chi connectivity index (χ4n) is 8.40. The van der Waals surface area contributed by atoms with Crippen LogP contribution in [0.1, 0.15) is 99.5 Å². The molecule has 13 nitrogen and oxygen atoms in total. The number of methoxy groups -OCH3 is 2. The number of hydrogen-bond acceptors (Lipinski definition) is 9. The van der Waals surface area contributed by atoms with Gasteiger partial charge in [-0.3, -0.25) is 24.2 Å². The van der Waals surface area contributed by atoms with Crippen LogP contribution in [0, 0.1) is 29.6 Å². The Kier molecular flexibility index (Phi) is 24.2. The number of hydrogen-bond donors (Lipinski definition) is 1. The minimum atomic E-state index is -0.591. The molecule has 1 aromatic rings. The first-order valence-corrected chi connectivity index (χ1v) is 22.4. The maximum atomic E-state index is 14.4. The van der Waals surface area contributed by atoms with Crippen LogP contribution in [-0.4, -0.2) is 149 Å².